The molecular weight excluding hydrogens is 268 g/mol. The quantitative estimate of drug-likeness (QED) is 0.430. The molecule has 0 saturated heterocycles. The molecular formula is C15H14N4O2. The van der Waals surface area contributed by atoms with Gasteiger partial charge in [-0.3, -0.25) is 9.59 Å². The molecule has 6 nitrogen and oxygen atoms in total. The molecule has 3 aromatic rings. The summed E-state index contributed by atoms with van der Waals surface area (Å²) < 4.78 is 0. The number of aromatic amines is 2. The summed E-state index contributed by atoms with van der Waals surface area (Å²) in [4.78, 5) is 27.6. The molecule has 106 valence electrons. The first-order chi connectivity index (χ1) is 10.1. The number of fused-ring (bicyclic) bond motifs is 1. The van der Waals surface area contributed by atoms with Crippen molar-refractivity contribution in [3.8, 4) is 0 Å². The third-order valence-corrected chi connectivity index (χ3v) is 3.26. The number of aromatic nitrogens is 2. The van der Waals surface area contributed by atoms with E-state index in [1.165, 1.54) is 0 Å². The normalized spacial score (nSPS) is 10.7. The molecule has 0 aliphatic carbocycles. The van der Waals surface area contributed by atoms with E-state index in [1.807, 2.05) is 30.3 Å². The molecule has 0 bridgehead atoms. The van der Waals surface area contributed by atoms with Crippen LogP contribution >= 0.6 is 0 Å². The smallest absolute Gasteiger partial charge is 0.314 e. The van der Waals surface area contributed by atoms with Crippen LogP contribution in [-0.2, 0) is 6.54 Å². The molecule has 1 heterocycles. The van der Waals surface area contributed by atoms with Gasteiger partial charge >= 0.3 is 11.1 Å². The highest BCUT2D eigenvalue weighted by Crippen LogP contribution is 2.17. The Labute approximate surface area is 119 Å². The maximum absolute atomic E-state index is 11.3. The molecule has 3 rings (SSSR count). The Hall–Kier alpha value is -3.02. The number of benzene rings is 2. The van der Waals surface area contributed by atoms with E-state index in [0.29, 0.717) is 17.6 Å². The number of hydrogen-bond donors (Lipinski definition) is 4. The van der Waals surface area contributed by atoms with Crippen molar-refractivity contribution in [3.05, 3.63) is 68.7 Å². The van der Waals surface area contributed by atoms with Gasteiger partial charge in [-0.25, -0.2) is 0 Å². The molecule has 21 heavy (non-hydrogen) atoms. The SMILES string of the molecule is Nc1ccccc1CNc1ccc2[nH]c(=O)c(=O)[nH]c2c1. The van der Waals surface area contributed by atoms with Crippen molar-refractivity contribution in [2.24, 2.45) is 0 Å². The van der Waals surface area contributed by atoms with Crippen molar-refractivity contribution in [1.82, 2.24) is 9.97 Å². The average molecular weight is 282 g/mol. The summed E-state index contributed by atoms with van der Waals surface area (Å²) in [5, 5.41) is 3.23. The lowest BCUT2D eigenvalue weighted by atomic mass is 10.2. The summed E-state index contributed by atoms with van der Waals surface area (Å²) in [6.07, 6.45) is 0. The topological polar surface area (TPSA) is 104 Å². The van der Waals surface area contributed by atoms with Crippen LogP contribution in [0.15, 0.2) is 52.1 Å². The molecule has 1 aromatic heterocycles. The van der Waals surface area contributed by atoms with Crippen LogP contribution in [0.1, 0.15) is 5.56 Å². The Balaban J connectivity index is 1.88. The van der Waals surface area contributed by atoms with Gasteiger partial charge in [0.15, 0.2) is 0 Å². The number of rotatable bonds is 3. The minimum atomic E-state index is -0.660. The van der Waals surface area contributed by atoms with E-state index in [-0.39, 0.29) is 0 Å². The lowest BCUT2D eigenvalue weighted by Crippen LogP contribution is -2.28. The van der Waals surface area contributed by atoms with Gasteiger partial charge in [0, 0.05) is 17.9 Å². The maximum atomic E-state index is 11.3. The van der Waals surface area contributed by atoms with Crippen LogP contribution in [0.2, 0.25) is 0 Å². The summed E-state index contributed by atoms with van der Waals surface area (Å²) in [5.74, 6) is 0. The molecule has 0 fully saturated rings. The minimum Gasteiger partial charge on any atom is -0.398 e. The third kappa shape index (κ3) is 2.64. The van der Waals surface area contributed by atoms with Gasteiger partial charge in [0.25, 0.3) is 0 Å². The van der Waals surface area contributed by atoms with Crippen LogP contribution in [0.3, 0.4) is 0 Å². The second-order valence-electron chi connectivity index (χ2n) is 4.72. The van der Waals surface area contributed by atoms with Gasteiger partial charge in [0.1, 0.15) is 0 Å². The molecule has 0 aliphatic heterocycles. The molecule has 0 atom stereocenters. The van der Waals surface area contributed by atoms with Crippen LogP contribution in [0.25, 0.3) is 11.0 Å². The van der Waals surface area contributed by atoms with Gasteiger partial charge in [0.05, 0.1) is 11.0 Å². The number of nitrogen functional groups attached to an aromatic ring is 1. The molecule has 0 aliphatic rings. The number of hydrogen-bond acceptors (Lipinski definition) is 4. The van der Waals surface area contributed by atoms with E-state index < -0.39 is 11.1 Å². The van der Waals surface area contributed by atoms with Gasteiger partial charge in [-0.1, -0.05) is 18.2 Å². The lowest BCUT2D eigenvalue weighted by Gasteiger charge is -2.09. The largest absolute Gasteiger partial charge is 0.398 e. The van der Waals surface area contributed by atoms with Gasteiger partial charge in [-0.05, 0) is 29.8 Å². The van der Waals surface area contributed by atoms with Crippen molar-refractivity contribution in [1.29, 1.82) is 0 Å². The van der Waals surface area contributed by atoms with Crippen LogP contribution in [-0.4, -0.2) is 9.97 Å². The first-order valence-electron chi connectivity index (χ1n) is 6.47. The van der Waals surface area contributed by atoms with Crippen LogP contribution < -0.4 is 22.2 Å². The first kappa shape index (κ1) is 13.0. The average Bonchev–Trinajstić information content (AvgIpc) is 2.48. The summed E-state index contributed by atoms with van der Waals surface area (Å²) in [6.45, 7) is 0.575. The summed E-state index contributed by atoms with van der Waals surface area (Å²) in [7, 11) is 0. The molecule has 2 aromatic carbocycles. The molecule has 0 saturated carbocycles. The minimum absolute atomic E-state index is 0.575. The Kier molecular flexibility index (Phi) is 3.19. The van der Waals surface area contributed by atoms with E-state index in [0.717, 1.165) is 16.9 Å². The third-order valence-electron chi connectivity index (χ3n) is 3.26. The van der Waals surface area contributed by atoms with Crippen molar-refractivity contribution in [3.63, 3.8) is 0 Å². The second kappa shape index (κ2) is 5.16. The highest BCUT2D eigenvalue weighted by Gasteiger charge is 2.02. The Morgan fingerprint density at radius 3 is 2.43 bits per heavy atom. The fourth-order valence-electron chi connectivity index (χ4n) is 2.12. The highest BCUT2D eigenvalue weighted by molar-refractivity contribution is 5.78. The van der Waals surface area contributed by atoms with Gasteiger partial charge < -0.3 is 21.0 Å². The van der Waals surface area contributed by atoms with Crippen LogP contribution in [0, 0.1) is 0 Å². The molecule has 0 amide bonds. The highest BCUT2D eigenvalue weighted by atomic mass is 16.2. The molecule has 0 spiro atoms. The Morgan fingerprint density at radius 1 is 0.952 bits per heavy atom. The molecule has 5 N–H and O–H groups in total. The summed E-state index contributed by atoms with van der Waals surface area (Å²) in [5.41, 5.74) is 8.28. The van der Waals surface area contributed by atoms with E-state index in [9.17, 15) is 9.59 Å². The number of para-hydroxylation sites is 1. The maximum Gasteiger partial charge on any atom is 0.314 e. The fraction of sp³-hybridized carbons (Fsp3) is 0.0667. The lowest BCUT2D eigenvalue weighted by molar-refractivity contribution is 1.13. The van der Waals surface area contributed by atoms with E-state index in [4.69, 9.17) is 5.73 Å². The molecule has 0 radical (unpaired) electrons. The van der Waals surface area contributed by atoms with Crippen LogP contribution in [0.5, 0.6) is 0 Å². The second-order valence-corrected chi connectivity index (χ2v) is 4.72. The Morgan fingerprint density at radius 2 is 1.67 bits per heavy atom. The fourth-order valence-corrected chi connectivity index (χ4v) is 2.12. The van der Waals surface area contributed by atoms with E-state index in [1.54, 1.807) is 12.1 Å². The first-order valence-corrected chi connectivity index (χ1v) is 6.47. The number of anilines is 2. The van der Waals surface area contributed by atoms with Gasteiger partial charge in [0.2, 0.25) is 0 Å². The van der Waals surface area contributed by atoms with E-state index in [2.05, 4.69) is 15.3 Å². The summed E-state index contributed by atoms with van der Waals surface area (Å²) in [6, 6.07) is 12.9. The van der Waals surface area contributed by atoms with Crippen molar-refractivity contribution >= 4 is 22.4 Å². The predicted molar refractivity (Wildman–Crippen MR) is 83.4 cm³/mol. The monoisotopic (exact) mass is 282 g/mol. The molecule has 6 heteroatoms. The number of nitrogens with two attached hydrogens (primary N) is 1. The zero-order valence-corrected chi connectivity index (χ0v) is 11.1. The van der Waals surface area contributed by atoms with Gasteiger partial charge in [-0.15, -0.1) is 0 Å². The van der Waals surface area contributed by atoms with Crippen molar-refractivity contribution in [2.75, 3.05) is 11.1 Å². The van der Waals surface area contributed by atoms with Gasteiger partial charge in [-0.2, -0.15) is 0 Å². The van der Waals surface area contributed by atoms with Crippen molar-refractivity contribution in [2.45, 2.75) is 6.54 Å². The Bertz CT molecular complexity index is 911. The predicted octanol–water partition coefficient (Wildman–Crippen LogP) is 1.41. The van der Waals surface area contributed by atoms with E-state index >= 15 is 0 Å². The zero-order valence-electron chi connectivity index (χ0n) is 11.1. The van der Waals surface area contributed by atoms with Crippen molar-refractivity contribution < 1.29 is 0 Å². The van der Waals surface area contributed by atoms with Crippen LogP contribution in [0.4, 0.5) is 11.4 Å². The standard InChI is InChI=1S/C15H14N4O2/c16-11-4-2-1-3-9(11)8-17-10-5-6-12-13(7-10)19-15(21)14(20)18-12/h1-7,17H,8,16H2,(H,18,20)(H,19,21). The number of H-pyrrole nitrogens is 2. The molecule has 0 unspecified atom stereocenters. The summed E-state index contributed by atoms with van der Waals surface area (Å²) >= 11 is 0. The number of nitrogens with one attached hydrogen (secondary N) is 3. The zero-order chi connectivity index (χ0) is 14.8.